The zero-order valence-electron chi connectivity index (χ0n) is 18.2. The largest absolute Gasteiger partial charge is 0.507 e. The van der Waals surface area contributed by atoms with Gasteiger partial charge in [0.05, 0.1) is 11.3 Å². The van der Waals surface area contributed by atoms with Crippen LogP contribution in [-0.2, 0) is 6.54 Å². The van der Waals surface area contributed by atoms with Crippen LogP contribution < -0.4 is 5.32 Å². The normalized spacial score (nSPS) is 16.6. The van der Waals surface area contributed by atoms with Gasteiger partial charge in [-0.2, -0.15) is 0 Å². The Kier molecular flexibility index (Phi) is 6.54. The highest BCUT2D eigenvalue weighted by atomic mass is 32.1. The first-order valence-corrected chi connectivity index (χ1v) is 11.5. The quantitative estimate of drug-likeness (QED) is 0.578. The van der Waals surface area contributed by atoms with Gasteiger partial charge in [0.15, 0.2) is 0 Å². The highest BCUT2D eigenvalue weighted by Crippen LogP contribution is 2.38. The second-order valence-electron chi connectivity index (χ2n) is 7.82. The van der Waals surface area contributed by atoms with E-state index in [0.717, 1.165) is 60.7 Å². The van der Waals surface area contributed by atoms with Crippen molar-refractivity contribution in [1.82, 2.24) is 10.2 Å². The first kappa shape index (κ1) is 21.3. The number of phenolic OH excluding ortho intramolecular Hbond substituents is 1. The van der Waals surface area contributed by atoms with Crippen LogP contribution in [0.15, 0.2) is 83.2 Å². The highest BCUT2D eigenvalue weighted by Gasteiger charge is 2.28. The predicted molar refractivity (Wildman–Crippen MR) is 131 cm³/mol. The molecule has 2 aromatic rings. The van der Waals surface area contributed by atoms with Crippen LogP contribution in [0.1, 0.15) is 41.5 Å². The molecule has 5 heteroatoms. The molecule has 4 nitrogen and oxygen atoms in total. The third-order valence-corrected chi connectivity index (χ3v) is 6.71. The van der Waals surface area contributed by atoms with E-state index in [1.165, 1.54) is 15.3 Å². The van der Waals surface area contributed by atoms with Gasteiger partial charge in [-0.05, 0) is 57.5 Å². The Morgan fingerprint density at radius 3 is 2.77 bits per heavy atom. The van der Waals surface area contributed by atoms with Crippen LogP contribution in [0.2, 0.25) is 0 Å². The SMILES string of the molecule is C=C1C(c2ccc(CNC)s2)=C(C)N=C(c2ccccc2O)N1CCC1=CCCC=C1. The molecule has 1 aromatic heterocycles. The molecular formula is C26H29N3OS. The summed E-state index contributed by atoms with van der Waals surface area (Å²) in [6, 6.07) is 11.7. The van der Waals surface area contributed by atoms with Crippen molar-refractivity contribution < 1.29 is 5.11 Å². The van der Waals surface area contributed by atoms with Gasteiger partial charge in [0, 0.05) is 34.1 Å². The minimum absolute atomic E-state index is 0.236. The lowest BCUT2D eigenvalue weighted by Crippen LogP contribution is -2.35. The Morgan fingerprint density at radius 1 is 1.19 bits per heavy atom. The second kappa shape index (κ2) is 9.50. The first-order valence-electron chi connectivity index (χ1n) is 10.7. The summed E-state index contributed by atoms with van der Waals surface area (Å²) in [4.78, 5) is 9.60. The summed E-state index contributed by atoms with van der Waals surface area (Å²) in [5, 5.41) is 13.8. The summed E-state index contributed by atoms with van der Waals surface area (Å²) < 4.78 is 0. The number of benzene rings is 1. The zero-order chi connectivity index (χ0) is 21.8. The summed E-state index contributed by atoms with van der Waals surface area (Å²) in [7, 11) is 1.96. The van der Waals surface area contributed by atoms with Gasteiger partial charge in [-0.15, -0.1) is 11.3 Å². The monoisotopic (exact) mass is 431 g/mol. The van der Waals surface area contributed by atoms with Gasteiger partial charge in [0.1, 0.15) is 11.6 Å². The molecule has 160 valence electrons. The molecule has 4 rings (SSSR count). The van der Waals surface area contributed by atoms with Gasteiger partial charge < -0.3 is 15.3 Å². The van der Waals surface area contributed by atoms with Gasteiger partial charge in [-0.3, -0.25) is 0 Å². The molecule has 2 heterocycles. The van der Waals surface area contributed by atoms with Gasteiger partial charge in [0.25, 0.3) is 0 Å². The molecule has 0 atom stereocenters. The van der Waals surface area contributed by atoms with Crippen molar-refractivity contribution in [3.8, 4) is 5.75 Å². The molecule has 31 heavy (non-hydrogen) atoms. The lowest BCUT2D eigenvalue weighted by atomic mass is 10.0. The number of nitrogens with one attached hydrogen (secondary N) is 1. The summed E-state index contributed by atoms with van der Waals surface area (Å²) >= 11 is 1.77. The third-order valence-electron chi connectivity index (χ3n) is 5.61. The zero-order valence-corrected chi connectivity index (χ0v) is 19.0. The van der Waals surface area contributed by atoms with Crippen molar-refractivity contribution in [3.63, 3.8) is 0 Å². The number of amidine groups is 1. The fourth-order valence-electron chi connectivity index (χ4n) is 4.05. The van der Waals surface area contributed by atoms with Crippen molar-refractivity contribution in [1.29, 1.82) is 0 Å². The lowest BCUT2D eigenvalue weighted by molar-refractivity contribution is 0.469. The van der Waals surface area contributed by atoms with Crippen LogP contribution in [0.25, 0.3) is 5.57 Å². The maximum Gasteiger partial charge on any atom is 0.144 e. The fourth-order valence-corrected chi connectivity index (χ4v) is 5.19. The number of hydrogen-bond acceptors (Lipinski definition) is 5. The van der Waals surface area contributed by atoms with Crippen LogP contribution in [0.4, 0.5) is 0 Å². The van der Waals surface area contributed by atoms with Crippen LogP contribution in [-0.4, -0.2) is 29.4 Å². The molecular weight excluding hydrogens is 402 g/mol. The van der Waals surface area contributed by atoms with Gasteiger partial charge in [-0.25, -0.2) is 4.99 Å². The fraction of sp³-hybridized carbons (Fsp3) is 0.269. The molecule has 1 aliphatic heterocycles. The van der Waals surface area contributed by atoms with E-state index < -0.39 is 0 Å². The number of rotatable bonds is 7. The highest BCUT2D eigenvalue weighted by molar-refractivity contribution is 7.13. The summed E-state index contributed by atoms with van der Waals surface area (Å²) in [5.41, 5.74) is 5.02. The molecule has 1 aliphatic carbocycles. The molecule has 1 aromatic carbocycles. The minimum atomic E-state index is 0.236. The van der Waals surface area contributed by atoms with Crippen molar-refractivity contribution in [2.24, 2.45) is 4.99 Å². The van der Waals surface area contributed by atoms with E-state index in [1.807, 2.05) is 32.2 Å². The molecule has 0 bridgehead atoms. The van der Waals surface area contributed by atoms with E-state index in [1.54, 1.807) is 17.4 Å². The molecule has 0 saturated carbocycles. The Hall–Kier alpha value is -2.89. The average Bonchev–Trinajstić information content (AvgIpc) is 3.22. The van der Waals surface area contributed by atoms with E-state index in [0.29, 0.717) is 0 Å². The number of hydrogen-bond donors (Lipinski definition) is 2. The van der Waals surface area contributed by atoms with Crippen LogP contribution in [0.3, 0.4) is 0 Å². The standard InChI is InChI=1S/C26H29N3OS/c1-18-25(24-14-13-21(31-24)17-27-3)19(2)29(16-15-20-9-5-4-6-10-20)26(28-18)22-11-7-8-12-23(22)30/h5,7-14,27,30H,2,4,6,15-17H2,1,3H3. The molecule has 0 spiro atoms. The number of nitrogens with zero attached hydrogens (tertiary/aromatic N) is 2. The molecule has 0 amide bonds. The summed E-state index contributed by atoms with van der Waals surface area (Å²) in [6.45, 7) is 8.12. The van der Waals surface area contributed by atoms with Crippen LogP contribution in [0.5, 0.6) is 5.75 Å². The summed E-state index contributed by atoms with van der Waals surface area (Å²) in [5.74, 6) is 0.997. The Bertz CT molecular complexity index is 1100. The van der Waals surface area contributed by atoms with Gasteiger partial charge >= 0.3 is 0 Å². The van der Waals surface area contributed by atoms with Crippen molar-refractivity contribution in [2.45, 2.75) is 32.7 Å². The number of allylic oxidation sites excluding steroid dienone is 5. The van der Waals surface area contributed by atoms with Crippen molar-refractivity contribution in [2.75, 3.05) is 13.6 Å². The topological polar surface area (TPSA) is 47.9 Å². The van der Waals surface area contributed by atoms with E-state index in [9.17, 15) is 5.11 Å². The molecule has 0 saturated heterocycles. The molecule has 2 aliphatic rings. The third kappa shape index (κ3) is 4.58. The maximum absolute atomic E-state index is 10.5. The van der Waals surface area contributed by atoms with Gasteiger partial charge in [-0.1, -0.05) is 42.5 Å². The number of para-hydroxylation sites is 1. The lowest BCUT2D eigenvalue weighted by Gasteiger charge is -2.34. The number of thiophene rings is 1. The number of phenols is 1. The van der Waals surface area contributed by atoms with E-state index in [2.05, 4.69) is 47.2 Å². The Labute approximate surface area is 188 Å². The molecule has 2 N–H and O–H groups in total. The number of aliphatic imine (C=N–C) groups is 1. The van der Waals surface area contributed by atoms with Crippen LogP contribution >= 0.6 is 11.3 Å². The predicted octanol–water partition coefficient (Wildman–Crippen LogP) is 5.85. The smallest absolute Gasteiger partial charge is 0.144 e. The van der Waals surface area contributed by atoms with Gasteiger partial charge in [0.2, 0.25) is 0 Å². The van der Waals surface area contributed by atoms with Crippen molar-refractivity contribution in [3.05, 3.63) is 93.5 Å². The maximum atomic E-state index is 10.5. The molecule has 0 fully saturated rings. The first-order chi connectivity index (χ1) is 15.1. The molecule has 0 unspecified atom stereocenters. The molecule has 0 radical (unpaired) electrons. The Balaban J connectivity index is 1.72. The van der Waals surface area contributed by atoms with Crippen LogP contribution in [0, 0.1) is 0 Å². The van der Waals surface area contributed by atoms with E-state index in [4.69, 9.17) is 4.99 Å². The number of aromatic hydroxyl groups is 1. The minimum Gasteiger partial charge on any atom is -0.507 e. The summed E-state index contributed by atoms with van der Waals surface area (Å²) in [6.07, 6.45) is 9.89. The Morgan fingerprint density at radius 2 is 2.03 bits per heavy atom. The van der Waals surface area contributed by atoms with E-state index in [-0.39, 0.29) is 5.75 Å². The van der Waals surface area contributed by atoms with E-state index >= 15 is 0 Å². The average molecular weight is 432 g/mol. The van der Waals surface area contributed by atoms with Crippen molar-refractivity contribution >= 4 is 22.7 Å². The second-order valence-corrected chi connectivity index (χ2v) is 8.98.